The lowest BCUT2D eigenvalue weighted by Crippen LogP contribution is -2.44. The van der Waals surface area contributed by atoms with Gasteiger partial charge in [-0.2, -0.15) is 0 Å². The molecule has 8 atom stereocenters. The summed E-state index contributed by atoms with van der Waals surface area (Å²) in [6.07, 6.45) is 11.9. The lowest BCUT2D eigenvalue weighted by atomic mass is 9.68. The summed E-state index contributed by atoms with van der Waals surface area (Å²) in [4.78, 5) is 0. The zero-order chi connectivity index (χ0) is 14.4. The number of aliphatic hydroxyl groups excluding tert-OH is 1. The first-order valence-electron chi connectivity index (χ1n) is 8.63. The van der Waals surface area contributed by atoms with Gasteiger partial charge in [0.05, 0.1) is 18.3 Å². The molecule has 118 valence electrons. The van der Waals surface area contributed by atoms with E-state index in [0.717, 1.165) is 25.7 Å². The van der Waals surface area contributed by atoms with Gasteiger partial charge in [-0.3, -0.25) is 0 Å². The second-order valence-corrected chi connectivity index (χ2v) is 7.40. The van der Waals surface area contributed by atoms with Crippen molar-refractivity contribution in [2.75, 3.05) is 0 Å². The Morgan fingerprint density at radius 3 is 2.81 bits per heavy atom. The van der Waals surface area contributed by atoms with E-state index in [0.29, 0.717) is 17.9 Å². The van der Waals surface area contributed by atoms with E-state index in [2.05, 4.69) is 12.2 Å². The van der Waals surface area contributed by atoms with Gasteiger partial charge in [0.25, 0.3) is 0 Å². The lowest BCUT2D eigenvalue weighted by molar-refractivity contribution is -0.184. The van der Waals surface area contributed by atoms with Crippen molar-refractivity contribution in [3.05, 3.63) is 12.2 Å². The van der Waals surface area contributed by atoms with Crippen LogP contribution in [0.15, 0.2) is 12.2 Å². The highest BCUT2D eigenvalue weighted by atomic mass is 16.6. The molecule has 0 radical (unpaired) electrons. The van der Waals surface area contributed by atoms with E-state index in [-0.39, 0.29) is 24.2 Å². The van der Waals surface area contributed by atoms with Gasteiger partial charge in [0.1, 0.15) is 0 Å². The molecule has 3 N–H and O–H groups in total. The Bertz CT molecular complexity index is 413. The molecule has 1 saturated heterocycles. The molecule has 0 aromatic heterocycles. The summed E-state index contributed by atoms with van der Waals surface area (Å²) in [6.45, 7) is 0. The van der Waals surface area contributed by atoms with Crippen LogP contribution in [0, 0.1) is 17.8 Å². The Balaban J connectivity index is 1.32. The van der Waals surface area contributed by atoms with Gasteiger partial charge in [-0.05, 0) is 50.4 Å². The number of rotatable bonds is 3. The fraction of sp³-hybridized carbons (Fsp3) is 0.882. The van der Waals surface area contributed by atoms with E-state index in [9.17, 15) is 5.11 Å². The topological polar surface area (TPSA) is 64.7 Å². The molecule has 4 rings (SSSR count). The highest BCUT2D eigenvalue weighted by Crippen LogP contribution is 2.42. The van der Waals surface area contributed by atoms with Gasteiger partial charge in [0.2, 0.25) is 0 Å². The molecule has 21 heavy (non-hydrogen) atoms. The molecule has 2 aliphatic heterocycles. The van der Waals surface area contributed by atoms with Crippen LogP contribution in [0.4, 0.5) is 0 Å². The van der Waals surface area contributed by atoms with E-state index >= 15 is 0 Å². The quantitative estimate of drug-likeness (QED) is 0.617. The molecule has 2 aliphatic carbocycles. The van der Waals surface area contributed by atoms with Crippen molar-refractivity contribution in [1.82, 2.24) is 0 Å². The second-order valence-electron chi connectivity index (χ2n) is 7.40. The van der Waals surface area contributed by atoms with E-state index in [1.54, 1.807) is 0 Å². The third-order valence-corrected chi connectivity index (χ3v) is 6.13. The Morgan fingerprint density at radius 1 is 1.14 bits per heavy atom. The van der Waals surface area contributed by atoms with Crippen LogP contribution in [0.1, 0.15) is 44.9 Å². The Labute approximate surface area is 126 Å². The molecular weight excluding hydrogens is 266 g/mol. The molecule has 8 unspecified atom stereocenters. The summed E-state index contributed by atoms with van der Waals surface area (Å²) >= 11 is 0. The minimum absolute atomic E-state index is 0.0597. The minimum atomic E-state index is -0.677. The third-order valence-electron chi connectivity index (χ3n) is 6.13. The Morgan fingerprint density at radius 2 is 2.05 bits per heavy atom. The number of fused-ring (bicyclic) bond motifs is 3. The van der Waals surface area contributed by atoms with Crippen LogP contribution in [0.5, 0.6) is 0 Å². The van der Waals surface area contributed by atoms with Gasteiger partial charge in [-0.25, -0.2) is 0 Å². The first-order chi connectivity index (χ1) is 10.2. The van der Waals surface area contributed by atoms with Crippen molar-refractivity contribution in [2.45, 2.75) is 75.6 Å². The summed E-state index contributed by atoms with van der Waals surface area (Å²) in [6, 6.07) is 0.388. The van der Waals surface area contributed by atoms with Crippen molar-refractivity contribution < 1.29 is 14.6 Å². The number of nitrogens with two attached hydrogens (primary N) is 1. The molecule has 2 heterocycles. The molecule has 4 aliphatic rings. The van der Waals surface area contributed by atoms with Crippen LogP contribution in [-0.4, -0.2) is 35.8 Å². The minimum Gasteiger partial charge on any atom is -0.368 e. The normalized spacial score (nSPS) is 50.1. The molecule has 0 amide bonds. The molecular formula is C17H27NO3. The van der Waals surface area contributed by atoms with Gasteiger partial charge >= 0.3 is 0 Å². The predicted octanol–water partition coefficient (Wildman–Crippen LogP) is 1.96. The molecule has 0 aromatic rings. The lowest BCUT2D eigenvalue weighted by Gasteiger charge is -2.43. The first-order valence-corrected chi connectivity index (χ1v) is 8.63. The van der Waals surface area contributed by atoms with E-state index in [1.165, 1.54) is 19.3 Å². The zero-order valence-electron chi connectivity index (χ0n) is 12.6. The average Bonchev–Trinajstić information content (AvgIpc) is 3.10. The largest absolute Gasteiger partial charge is 0.368 e. The van der Waals surface area contributed by atoms with Gasteiger partial charge in [0.15, 0.2) is 6.29 Å². The number of aliphatic hydroxyl groups is 1. The van der Waals surface area contributed by atoms with Crippen LogP contribution in [0.25, 0.3) is 0 Å². The van der Waals surface area contributed by atoms with Crippen molar-refractivity contribution in [1.29, 1.82) is 0 Å². The summed E-state index contributed by atoms with van der Waals surface area (Å²) < 4.78 is 11.7. The Hall–Kier alpha value is -0.420. The summed E-state index contributed by atoms with van der Waals surface area (Å²) in [7, 11) is 0. The Kier molecular flexibility index (Phi) is 3.82. The van der Waals surface area contributed by atoms with Crippen molar-refractivity contribution in [2.24, 2.45) is 23.5 Å². The smallest absolute Gasteiger partial charge is 0.160 e. The van der Waals surface area contributed by atoms with Crippen molar-refractivity contribution in [3.63, 3.8) is 0 Å². The maximum Gasteiger partial charge on any atom is 0.160 e. The fourth-order valence-corrected chi connectivity index (χ4v) is 4.98. The van der Waals surface area contributed by atoms with E-state index in [4.69, 9.17) is 15.2 Å². The summed E-state index contributed by atoms with van der Waals surface area (Å²) in [5.41, 5.74) is 6.26. The first kappa shape index (κ1) is 14.2. The number of ether oxygens (including phenoxy) is 2. The molecule has 4 nitrogen and oxygen atoms in total. The maximum atomic E-state index is 10.4. The van der Waals surface area contributed by atoms with Crippen LogP contribution < -0.4 is 5.73 Å². The number of hydrogen-bond donors (Lipinski definition) is 2. The monoisotopic (exact) mass is 293 g/mol. The molecule has 2 bridgehead atoms. The van der Waals surface area contributed by atoms with Crippen molar-refractivity contribution in [3.8, 4) is 0 Å². The van der Waals surface area contributed by atoms with E-state index < -0.39 is 6.29 Å². The van der Waals surface area contributed by atoms with Gasteiger partial charge < -0.3 is 20.3 Å². The molecule has 3 fully saturated rings. The van der Waals surface area contributed by atoms with Crippen LogP contribution >= 0.6 is 0 Å². The highest BCUT2D eigenvalue weighted by molar-refractivity contribution is 5.11. The molecule has 0 aromatic carbocycles. The summed E-state index contributed by atoms with van der Waals surface area (Å²) in [5, 5.41) is 10.4. The molecule has 4 heteroatoms. The van der Waals surface area contributed by atoms with Gasteiger partial charge in [-0.1, -0.05) is 18.6 Å². The fourth-order valence-electron chi connectivity index (χ4n) is 4.98. The predicted molar refractivity (Wildman–Crippen MR) is 79.4 cm³/mol. The van der Waals surface area contributed by atoms with E-state index in [1.807, 2.05) is 0 Å². The zero-order valence-corrected chi connectivity index (χ0v) is 12.6. The standard InChI is InChI=1S/C17H27NO3/c18-15-3-1-2-10-8-11(4-6-13(10)15)21-17(19)14-9-12-5-7-16(14)20-12/h5,7,10-17,19H,1-4,6,8-9,18H2. The van der Waals surface area contributed by atoms with Gasteiger partial charge in [-0.15, -0.1) is 0 Å². The second kappa shape index (κ2) is 5.65. The van der Waals surface area contributed by atoms with Crippen LogP contribution in [0.3, 0.4) is 0 Å². The molecule has 2 saturated carbocycles. The summed E-state index contributed by atoms with van der Waals surface area (Å²) in [5.74, 6) is 1.51. The maximum absolute atomic E-state index is 10.4. The van der Waals surface area contributed by atoms with Crippen LogP contribution in [-0.2, 0) is 9.47 Å². The number of hydrogen-bond acceptors (Lipinski definition) is 4. The highest BCUT2D eigenvalue weighted by Gasteiger charge is 2.43. The average molecular weight is 293 g/mol. The van der Waals surface area contributed by atoms with Crippen molar-refractivity contribution >= 4 is 0 Å². The SMILES string of the molecule is NC1CCCC2CC(OC(O)C3CC4C=CC3O4)CCC12. The van der Waals surface area contributed by atoms with Crippen LogP contribution in [0.2, 0.25) is 0 Å². The molecule has 0 spiro atoms. The van der Waals surface area contributed by atoms with Gasteiger partial charge in [0, 0.05) is 12.0 Å². The third kappa shape index (κ3) is 2.67.